The first kappa shape index (κ1) is 21.7. The summed E-state index contributed by atoms with van der Waals surface area (Å²) in [5.74, 6) is -0.578. The molecular formula is C20H25N3O3S3. The number of fused-ring (bicyclic) bond motifs is 1. The molecule has 3 rings (SSSR count). The first-order valence-corrected chi connectivity index (χ1v) is 11.8. The van der Waals surface area contributed by atoms with Crippen LogP contribution in [0.15, 0.2) is 12.1 Å². The second kappa shape index (κ2) is 10.2. The number of thiocarbonyl (C=S) groups is 1. The lowest BCUT2D eigenvalue weighted by Crippen LogP contribution is -2.43. The summed E-state index contributed by atoms with van der Waals surface area (Å²) in [6, 6.07) is 3.66. The zero-order valence-electron chi connectivity index (χ0n) is 16.6. The molecule has 9 heteroatoms. The standard InChI is InChI=1S/C20H25N3O3S3/c1-3-26-19(25)16-13-8-6-4-5-7-9-14(13)29-18(16)21-20(27)23-22-17(24)15-11-10-12(2)28-15/h10-11H,3-9H2,1-2H3,(H,22,24)(H2,21,23,27). The van der Waals surface area contributed by atoms with E-state index in [0.717, 1.165) is 36.1 Å². The normalized spacial score (nSPS) is 13.6. The fraction of sp³-hybridized carbons (Fsp3) is 0.450. The van der Waals surface area contributed by atoms with Gasteiger partial charge in [-0.05, 0) is 69.4 Å². The van der Waals surface area contributed by atoms with Crippen molar-refractivity contribution < 1.29 is 14.3 Å². The summed E-state index contributed by atoms with van der Waals surface area (Å²) in [5, 5.41) is 3.99. The van der Waals surface area contributed by atoms with Gasteiger partial charge in [0, 0.05) is 9.75 Å². The van der Waals surface area contributed by atoms with Crippen molar-refractivity contribution in [3.05, 3.63) is 37.9 Å². The second-order valence-electron chi connectivity index (χ2n) is 6.79. The number of aryl methyl sites for hydroxylation is 2. The van der Waals surface area contributed by atoms with Crippen LogP contribution >= 0.6 is 34.9 Å². The Labute approximate surface area is 184 Å². The second-order valence-corrected chi connectivity index (χ2v) is 9.59. The molecule has 0 atom stereocenters. The number of rotatable bonds is 4. The van der Waals surface area contributed by atoms with E-state index < -0.39 is 0 Å². The van der Waals surface area contributed by atoms with Gasteiger partial charge in [0.05, 0.1) is 17.0 Å². The van der Waals surface area contributed by atoms with Gasteiger partial charge in [-0.3, -0.25) is 15.6 Å². The first-order valence-electron chi connectivity index (χ1n) is 9.75. The lowest BCUT2D eigenvalue weighted by Gasteiger charge is -2.13. The number of amides is 1. The summed E-state index contributed by atoms with van der Waals surface area (Å²) in [5.41, 5.74) is 6.98. The van der Waals surface area contributed by atoms with E-state index in [1.807, 2.05) is 13.0 Å². The minimum absolute atomic E-state index is 0.228. The van der Waals surface area contributed by atoms with Crippen LogP contribution in [0.1, 0.15) is 68.0 Å². The summed E-state index contributed by atoms with van der Waals surface area (Å²) in [6.07, 6.45) is 6.40. The summed E-state index contributed by atoms with van der Waals surface area (Å²) in [4.78, 5) is 27.7. The van der Waals surface area contributed by atoms with Crippen molar-refractivity contribution in [2.24, 2.45) is 0 Å². The molecule has 0 aliphatic heterocycles. The molecule has 0 fully saturated rings. The zero-order valence-corrected chi connectivity index (χ0v) is 19.0. The van der Waals surface area contributed by atoms with Gasteiger partial charge in [0.15, 0.2) is 5.11 Å². The van der Waals surface area contributed by atoms with Gasteiger partial charge < -0.3 is 10.1 Å². The van der Waals surface area contributed by atoms with Crippen molar-refractivity contribution in [3.8, 4) is 0 Å². The predicted octanol–water partition coefficient (Wildman–Crippen LogP) is 4.59. The molecule has 0 saturated heterocycles. The fourth-order valence-corrected chi connectivity index (χ4v) is 5.56. The molecule has 2 aromatic rings. The Hall–Kier alpha value is -1.97. The number of carbonyl (C=O) groups is 2. The van der Waals surface area contributed by atoms with Crippen LogP contribution in [0.2, 0.25) is 0 Å². The molecule has 29 heavy (non-hydrogen) atoms. The number of hydrogen-bond donors (Lipinski definition) is 3. The average Bonchev–Trinajstić information content (AvgIpc) is 3.23. The van der Waals surface area contributed by atoms with Gasteiger partial charge in [0.1, 0.15) is 5.00 Å². The molecule has 0 radical (unpaired) electrons. The molecular weight excluding hydrogens is 426 g/mol. The first-order chi connectivity index (χ1) is 14.0. The maximum absolute atomic E-state index is 12.6. The molecule has 0 bridgehead atoms. The van der Waals surface area contributed by atoms with E-state index in [9.17, 15) is 9.59 Å². The third-order valence-electron chi connectivity index (χ3n) is 4.63. The van der Waals surface area contributed by atoms with Gasteiger partial charge in [0.2, 0.25) is 0 Å². The number of hydrazine groups is 1. The van der Waals surface area contributed by atoms with Crippen LogP contribution < -0.4 is 16.2 Å². The van der Waals surface area contributed by atoms with Crippen molar-refractivity contribution in [3.63, 3.8) is 0 Å². The number of carbonyl (C=O) groups excluding carboxylic acids is 2. The highest BCUT2D eigenvalue weighted by molar-refractivity contribution is 7.80. The number of esters is 1. The van der Waals surface area contributed by atoms with E-state index in [1.165, 1.54) is 29.1 Å². The fourth-order valence-electron chi connectivity index (χ4n) is 3.29. The van der Waals surface area contributed by atoms with Crippen LogP contribution in [0, 0.1) is 6.92 Å². The molecule has 0 spiro atoms. The summed E-state index contributed by atoms with van der Waals surface area (Å²) < 4.78 is 5.30. The molecule has 1 aliphatic carbocycles. The van der Waals surface area contributed by atoms with Crippen molar-refractivity contribution in [2.45, 2.75) is 52.4 Å². The maximum Gasteiger partial charge on any atom is 0.341 e. The highest BCUT2D eigenvalue weighted by atomic mass is 32.1. The summed E-state index contributed by atoms with van der Waals surface area (Å²) in [6.45, 7) is 4.07. The van der Waals surface area contributed by atoms with Crippen LogP contribution in [0.3, 0.4) is 0 Å². The Morgan fingerprint density at radius 3 is 2.55 bits per heavy atom. The van der Waals surface area contributed by atoms with Gasteiger partial charge in [-0.2, -0.15) is 0 Å². The number of anilines is 1. The molecule has 0 aromatic carbocycles. The Morgan fingerprint density at radius 1 is 1.10 bits per heavy atom. The minimum Gasteiger partial charge on any atom is -0.462 e. The van der Waals surface area contributed by atoms with Crippen molar-refractivity contribution in [1.82, 2.24) is 10.9 Å². The molecule has 2 heterocycles. The quantitative estimate of drug-likeness (QED) is 0.359. The lowest BCUT2D eigenvalue weighted by atomic mass is 9.96. The van der Waals surface area contributed by atoms with Gasteiger partial charge in [-0.1, -0.05) is 12.8 Å². The van der Waals surface area contributed by atoms with Crippen LogP contribution in [-0.2, 0) is 17.6 Å². The predicted molar refractivity (Wildman–Crippen MR) is 122 cm³/mol. The number of thiophene rings is 2. The topological polar surface area (TPSA) is 79.5 Å². The van der Waals surface area contributed by atoms with Crippen LogP contribution in [0.25, 0.3) is 0 Å². The highest BCUT2D eigenvalue weighted by Gasteiger charge is 2.25. The average molecular weight is 452 g/mol. The highest BCUT2D eigenvalue weighted by Crippen LogP contribution is 2.37. The molecule has 1 amide bonds. The smallest absolute Gasteiger partial charge is 0.341 e. The lowest BCUT2D eigenvalue weighted by molar-refractivity contribution is 0.0526. The van der Waals surface area contributed by atoms with Crippen LogP contribution in [0.4, 0.5) is 5.00 Å². The van der Waals surface area contributed by atoms with Crippen molar-refractivity contribution in [2.75, 3.05) is 11.9 Å². The summed E-state index contributed by atoms with van der Waals surface area (Å²) in [7, 11) is 0. The van der Waals surface area contributed by atoms with E-state index in [4.69, 9.17) is 17.0 Å². The Bertz CT molecular complexity index is 904. The van der Waals surface area contributed by atoms with Gasteiger partial charge in [0.25, 0.3) is 5.91 Å². The van der Waals surface area contributed by atoms with E-state index in [0.29, 0.717) is 22.0 Å². The Morgan fingerprint density at radius 2 is 1.86 bits per heavy atom. The molecule has 0 unspecified atom stereocenters. The molecule has 156 valence electrons. The monoisotopic (exact) mass is 451 g/mol. The minimum atomic E-state index is -0.325. The van der Waals surface area contributed by atoms with E-state index in [-0.39, 0.29) is 17.0 Å². The van der Waals surface area contributed by atoms with Crippen molar-refractivity contribution in [1.29, 1.82) is 0 Å². The number of nitrogens with one attached hydrogen (secondary N) is 3. The maximum atomic E-state index is 12.6. The van der Waals surface area contributed by atoms with Crippen LogP contribution in [0.5, 0.6) is 0 Å². The number of hydrogen-bond acceptors (Lipinski definition) is 6. The Balaban J connectivity index is 1.73. The van der Waals surface area contributed by atoms with Crippen LogP contribution in [-0.4, -0.2) is 23.6 Å². The molecule has 0 saturated carbocycles. The number of ether oxygens (including phenoxy) is 1. The Kier molecular flexibility index (Phi) is 7.63. The van der Waals surface area contributed by atoms with E-state index >= 15 is 0 Å². The van der Waals surface area contributed by atoms with E-state index in [1.54, 1.807) is 24.3 Å². The zero-order chi connectivity index (χ0) is 20.8. The SMILES string of the molecule is CCOC(=O)c1c(NC(=S)NNC(=O)c2ccc(C)s2)sc2c1CCCCCC2. The molecule has 6 nitrogen and oxygen atoms in total. The largest absolute Gasteiger partial charge is 0.462 e. The molecule has 3 N–H and O–H groups in total. The summed E-state index contributed by atoms with van der Waals surface area (Å²) >= 11 is 8.30. The third kappa shape index (κ3) is 5.55. The van der Waals surface area contributed by atoms with Gasteiger partial charge in [-0.15, -0.1) is 22.7 Å². The van der Waals surface area contributed by atoms with Crippen molar-refractivity contribution >= 4 is 56.9 Å². The van der Waals surface area contributed by atoms with Gasteiger partial charge in [-0.25, -0.2) is 4.79 Å². The third-order valence-corrected chi connectivity index (χ3v) is 7.04. The molecule has 1 aliphatic rings. The van der Waals surface area contributed by atoms with Gasteiger partial charge >= 0.3 is 5.97 Å². The molecule has 2 aromatic heterocycles. The van der Waals surface area contributed by atoms with E-state index in [2.05, 4.69) is 16.2 Å².